The monoisotopic (exact) mass is 368 g/mol. The molecule has 0 amide bonds. The highest BCUT2D eigenvalue weighted by Crippen LogP contribution is 2.44. The summed E-state index contributed by atoms with van der Waals surface area (Å²) in [6.07, 6.45) is 3.80. The van der Waals surface area contributed by atoms with Crippen molar-refractivity contribution in [2.45, 2.75) is 58.0 Å². The van der Waals surface area contributed by atoms with Crippen molar-refractivity contribution in [2.75, 3.05) is 13.2 Å². The second-order valence-electron chi connectivity index (χ2n) is 8.18. The van der Waals surface area contributed by atoms with Crippen LogP contribution in [0.1, 0.15) is 56.2 Å². The van der Waals surface area contributed by atoms with E-state index in [2.05, 4.69) is 26.0 Å². The summed E-state index contributed by atoms with van der Waals surface area (Å²) in [6, 6.07) is 9.92. The molecule has 2 heterocycles. The van der Waals surface area contributed by atoms with Gasteiger partial charge >= 0.3 is 0 Å². The molecule has 144 valence electrons. The number of ether oxygens (including phenoxy) is 3. The predicted molar refractivity (Wildman–Crippen MR) is 105 cm³/mol. The van der Waals surface area contributed by atoms with Crippen LogP contribution in [0.25, 0.3) is 0 Å². The zero-order valence-corrected chi connectivity index (χ0v) is 16.4. The minimum absolute atomic E-state index is 0.114. The average molecular weight is 368 g/mol. The molecule has 0 fully saturated rings. The van der Waals surface area contributed by atoms with Crippen molar-refractivity contribution in [3.05, 3.63) is 47.0 Å². The Morgan fingerprint density at radius 3 is 2.85 bits per heavy atom. The van der Waals surface area contributed by atoms with E-state index in [1.54, 1.807) is 0 Å². The fraction of sp³-hybridized carbons (Fsp3) is 0.478. The van der Waals surface area contributed by atoms with Crippen LogP contribution in [0.15, 0.2) is 30.3 Å². The summed E-state index contributed by atoms with van der Waals surface area (Å²) in [5.74, 6) is 2.94. The molecule has 2 aromatic rings. The first kappa shape index (κ1) is 18.0. The Morgan fingerprint density at radius 2 is 2.07 bits per heavy atom. The molecule has 1 unspecified atom stereocenters. The van der Waals surface area contributed by atoms with Gasteiger partial charge in [-0.1, -0.05) is 19.1 Å². The lowest BCUT2D eigenvalue weighted by Gasteiger charge is -2.35. The number of phenolic OH excluding ortho intramolecular Hbond substituents is 1. The van der Waals surface area contributed by atoms with E-state index >= 15 is 0 Å². The maximum absolute atomic E-state index is 10.3. The SMILES string of the molecule is CCCOc1ccc(C2COc3c(ccc4c3CCC(C)(C)O4)C2)cc1O. The van der Waals surface area contributed by atoms with Gasteiger partial charge < -0.3 is 19.3 Å². The largest absolute Gasteiger partial charge is 0.504 e. The van der Waals surface area contributed by atoms with Gasteiger partial charge in [0.2, 0.25) is 0 Å². The number of aromatic hydroxyl groups is 1. The molecular formula is C23H28O4. The molecule has 2 aliphatic heterocycles. The Morgan fingerprint density at radius 1 is 1.22 bits per heavy atom. The Kier molecular flexibility index (Phi) is 4.67. The van der Waals surface area contributed by atoms with Gasteiger partial charge in [-0.3, -0.25) is 0 Å². The number of benzene rings is 2. The van der Waals surface area contributed by atoms with Gasteiger partial charge in [0.25, 0.3) is 0 Å². The second-order valence-corrected chi connectivity index (χ2v) is 8.18. The number of hydrogen-bond acceptors (Lipinski definition) is 4. The van der Waals surface area contributed by atoms with Gasteiger partial charge in [0.05, 0.1) is 13.2 Å². The lowest BCUT2D eigenvalue weighted by Crippen LogP contribution is -2.33. The molecule has 4 heteroatoms. The minimum Gasteiger partial charge on any atom is -0.504 e. The number of rotatable bonds is 4. The van der Waals surface area contributed by atoms with Crippen molar-refractivity contribution in [3.8, 4) is 23.0 Å². The van der Waals surface area contributed by atoms with Crippen molar-refractivity contribution in [1.29, 1.82) is 0 Å². The highest BCUT2D eigenvalue weighted by atomic mass is 16.5. The molecule has 0 saturated heterocycles. The lowest BCUT2D eigenvalue weighted by molar-refractivity contribution is 0.0827. The van der Waals surface area contributed by atoms with Gasteiger partial charge in [0.1, 0.15) is 17.1 Å². The zero-order chi connectivity index (χ0) is 19.0. The molecule has 1 N–H and O–H groups in total. The van der Waals surface area contributed by atoms with Crippen LogP contribution in [0.3, 0.4) is 0 Å². The molecule has 0 aromatic heterocycles. The summed E-state index contributed by atoms with van der Waals surface area (Å²) in [5.41, 5.74) is 3.39. The first-order valence-electron chi connectivity index (χ1n) is 9.89. The third-order valence-electron chi connectivity index (χ3n) is 5.47. The third kappa shape index (κ3) is 3.58. The van der Waals surface area contributed by atoms with Crippen LogP contribution in [0.2, 0.25) is 0 Å². The molecule has 0 radical (unpaired) electrons. The van der Waals surface area contributed by atoms with Crippen LogP contribution >= 0.6 is 0 Å². The van der Waals surface area contributed by atoms with Crippen molar-refractivity contribution < 1.29 is 19.3 Å². The summed E-state index contributed by atoms with van der Waals surface area (Å²) in [5, 5.41) is 10.3. The van der Waals surface area contributed by atoms with Gasteiger partial charge in [-0.15, -0.1) is 0 Å². The molecular weight excluding hydrogens is 340 g/mol. The van der Waals surface area contributed by atoms with E-state index in [-0.39, 0.29) is 17.3 Å². The van der Waals surface area contributed by atoms with Crippen LogP contribution in [0, 0.1) is 0 Å². The van der Waals surface area contributed by atoms with Crippen molar-refractivity contribution in [3.63, 3.8) is 0 Å². The van der Waals surface area contributed by atoms with E-state index in [1.807, 2.05) is 25.1 Å². The normalized spacial score (nSPS) is 20.0. The third-order valence-corrected chi connectivity index (χ3v) is 5.47. The summed E-state index contributed by atoms with van der Waals surface area (Å²) < 4.78 is 17.9. The maximum atomic E-state index is 10.3. The van der Waals surface area contributed by atoms with E-state index in [1.165, 1.54) is 11.1 Å². The van der Waals surface area contributed by atoms with Gasteiger partial charge in [-0.25, -0.2) is 0 Å². The Bertz CT molecular complexity index is 841. The van der Waals surface area contributed by atoms with Crippen LogP contribution < -0.4 is 14.2 Å². The first-order valence-corrected chi connectivity index (χ1v) is 9.89. The summed E-state index contributed by atoms with van der Waals surface area (Å²) >= 11 is 0. The number of fused-ring (bicyclic) bond motifs is 3. The summed E-state index contributed by atoms with van der Waals surface area (Å²) in [4.78, 5) is 0. The van der Waals surface area contributed by atoms with Crippen LogP contribution in [-0.2, 0) is 12.8 Å². The quantitative estimate of drug-likeness (QED) is 0.825. The molecule has 2 aliphatic rings. The molecule has 4 nitrogen and oxygen atoms in total. The maximum Gasteiger partial charge on any atom is 0.160 e. The minimum atomic E-state index is -0.114. The van der Waals surface area contributed by atoms with Crippen molar-refractivity contribution in [1.82, 2.24) is 0 Å². The van der Waals surface area contributed by atoms with Gasteiger partial charge in [-0.05, 0) is 68.9 Å². The van der Waals surface area contributed by atoms with Crippen LogP contribution in [0.5, 0.6) is 23.0 Å². The summed E-state index contributed by atoms with van der Waals surface area (Å²) in [7, 11) is 0. The van der Waals surface area contributed by atoms with E-state index in [0.29, 0.717) is 19.0 Å². The van der Waals surface area contributed by atoms with Gasteiger partial charge in [0.15, 0.2) is 11.5 Å². The molecule has 2 aromatic carbocycles. The second kappa shape index (κ2) is 6.99. The van der Waals surface area contributed by atoms with E-state index in [0.717, 1.165) is 42.7 Å². The van der Waals surface area contributed by atoms with Crippen molar-refractivity contribution in [2.24, 2.45) is 0 Å². The van der Waals surface area contributed by atoms with Gasteiger partial charge in [-0.2, -0.15) is 0 Å². The zero-order valence-electron chi connectivity index (χ0n) is 16.4. The van der Waals surface area contributed by atoms with E-state index in [4.69, 9.17) is 14.2 Å². The molecule has 0 bridgehead atoms. The molecule has 0 saturated carbocycles. The fourth-order valence-electron chi connectivity index (χ4n) is 3.95. The predicted octanol–water partition coefficient (Wildman–Crippen LogP) is 5.00. The van der Waals surface area contributed by atoms with Gasteiger partial charge in [0, 0.05) is 11.5 Å². The fourth-order valence-corrected chi connectivity index (χ4v) is 3.95. The Hall–Kier alpha value is -2.36. The number of phenols is 1. The van der Waals surface area contributed by atoms with Crippen LogP contribution in [-0.4, -0.2) is 23.9 Å². The highest BCUT2D eigenvalue weighted by molar-refractivity contribution is 5.53. The molecule has 0 spiro atoms. The topological polar surface area (TPSA) is 47.9 Å². The Labute approximate surface area is 161 Å². The standard InChI is InChI=1S/C23H28O4/c1-4-11-25-21-8-5-15(13-19(21)24)17-12-16-6-7-20-18(22(16)26-14-17)9-10-23(2,3)27-20/h5-8,13,17,24H,4,9-12,14H2,1-3H3. The average Bonchev–Trinajstić information content (AvgIpc) is 2.65. The number of hydrogen-bond donors (Lipinski definition) is 1. The van der Waals surface area contributed by atoms with Crippen LogP contribution in [0.4, 0.5) is 0 Å². The molecule has 4 rings (SSSR count). The summed E-state index contributed by atoms with van der Waals surface area (Å²) in [6.45, 7) is 7.53. The van der Waals surface area contributed by atoms with E-state index in [9.17, 15) is 5.11 Å². The van der Waals surface area contributed by atoms with E-state index < -0.39 is 0 Å². The molecule has 1 atom stereocenters. The Balaban J connectivity index is 1.55. The smallest absolute Gasteiger partial charge is 0.160 e. The highest BCUT2D eigenvalue weighted by Gasteiger charge is 2.32. The lowest BCUT2D eigenvalue weighted by atomic mass is 9.86. The molecule has 0 aliphatic carbocycles. The van der Waals surface area contributed by atoms with Crippen molar-refractivity contribution >= 4 is 0 Å². The first-order chi connectivity index (χ1) is 13.0. The molecule has 27 heavy (non-hydrogen) atoms.